The number of hydrogen-bond acceptors (Lipinski definition) is 5. The van der Waals surface area contributed by atoms with Gasteiger partial charge in [0.05, 0.1) is 0 Å². The lowest BCUT2D eigenvalue weighted by Gasteiger charge is -2.10. The minimum atomic E-state index is -4.10. The molecule has 1 N–H and O–H groups in total. The molecule has 2 aromatic heterocycles. The molecule has 0 saturated heterocycles. The topological polar surface area (TPSA) is 89.8 Å². The highest BCUT2D eigenvalue weighted by atomic mass is 32.2. The highest BCUT2D eigenvalue weighted by Crippen LogP contribution is 2.15. The molecule has 3 aromatic rings. The van der Waals surface area contributed by atoms with E-state index in [1.807, 2.05) is 0 Å². The van der Waals surface area contributed by atoms with Crippen LogP contribution in [0.3, 0.4) is 0 Å². The Morgan fingerprint density at radius 1 is 1.08 bits per heavy atom. The third-order valence-electron chi connectivity index (χ3n) is 3.31. The van der Waals surface area contributed by atoms with Crippen LogP contribution in [0.2, 0.25) is 0 Å². The molecule has 7 nitrogen and oxygen atoms in total. The molecule has 0 atom stereocenters. The van der Waals surface area contributed by atoms with Crippen molar-refractivity contribution in [3.05, 3.63) is 60.7 Å². The minimum Gasteiger partial charge on any atom is -0.327 e. The molecule has 0 aliphatic carbocycles. The normalized spacial score (nSPS) is 11.6. The standard InChI is InChI=1S/C15H13F2N5O2S/c16-11-2-3-13(12(17)10-11)25(23,24)21-7-9-22-8-6-20-15(22)14-18-4-1-5-19-14/h1-6,8,10,21H,7,9H2. The van der Waals surface area contributed by atoms with Crippen molar-refractivity contribution >= 4 is 10.0 Å². The predicted molar refractivity (Wildman–Crippen MR) is 84.8 cm³/mol. The van der Waals surface area contributed by atoms with Gasteiger partial charge in [-0.05, 0) is 18.2 Å². The van der Waals surface area contributed by atoms with Gasteiger partial charge in [0.2, 0.25) is 10.0 Å². The van der Waals surface area contributed by atoms with Gasteiger partial charge in [-0.2, -0.15) is 0 Å². The van der Waals surface area contributed by atoms with Crippen LogP contribution in [0.1, 0.15) is 0 Å². The van der Waals surface area contributed by atoms with E-state index in [4.69, 9.17) is 0 Å². The molecule has 10 heteroatoms. The first-order valence-electron chi connectivity index (χ1n) is 7.20. The van der Waals surface area contributed by atoms with E-state index < -0.39 is 26.6 Å². The number of imidazole rings is 1. The van der Waals surface area contributed by atoms with Gasteiger partial charge >= 0.3 is 0 Å². The Morgan fingerprint density at radius 3 is 2.56 bits per heavy atom. The maximum Gasteiger partial charge on any atom is 0.243 e. The van der Waals surface area contributed by atoms with Crippen LogP contribution in [-0.2, 0) is 16.6 Å². The molecular formula is C15H13F2N5O2S. The summed E-state index contributed by atoms with van der Waals surface area (Å²) in [6, 6.07) is 3.96. The molecule has 25 heavy (non-hydrogen) atoms. The lowest BCUT2D eigenvalue weighted by Crippen LogP contribution is -2.28. The summed E-state index contributed by atoms with van der Waals surface area (Å²) in [6.07, 6.45) is 6.33. The Morgan fingerprint density at radius 2 is 1.84 bits per heavy atom. The quantitative estimate of drug-likeness (QED) is 0.717. The Bertz CT molecular complexity index is 977. The summed E-state index contributed by atoms with van der Waals surface area (Å²) in [4.78, 5) is 11.7. The van der Waals surface area contributed by atoms with Crippen molar-refractivity contribution in [3.63, 3.8) is 0 Å². The second-order valence-electron chi connectivity index (χ2n) is 4.99. The zero-order valence-corrected chi connectivity index (χ0v) is 13.6. The van der Waals surface area contributed by atoms with Gasteiger partial charge in [-0.3, -0.25) is 0 Å². The average molecular weight is 365 g/mol. The van der Waals surface area contributed by atoms with Crippen LogP contribution in [0.15, 0.2) is 53.9 Å². The molecule has 0 aliphatic rings. The first-order chi connectivity index (χ1) is 12.0. The second-order valence-corrected chi connectivity index (χ2v) is 6.72. The molecule has 0 fully saturated rings. The van der Waals surface area contributed by atoms with E-state index in [2.05, 4.69) is 19.7 Å². The summed E-state index contributed by atoms with van der Waals surface area (Å²) in [5.41, 5.74) is 0. The summed E-state index contributed by atoms with van der Waals surface area (Å²) in [5.74, 6) is -1.11. The van der Waals surface area contributed by atoms with Gasteiger partial charge in [0.15, 0.2) is 11.6 Å². The summed E-state index contributed by atoms with van der Waals surface area (Å²) in [7, 11) is -4.10. The van der Waals surface area contributed by atoms with Crippen molar-refractivity contribution in [3.8, 4) is 11.6 Å². The lowest BCUT2D eigenvalue weighted by molar-refractivity contribution is 0.540. The third-order valence-corrected chi connectivity index (χ3v) is 4.80. The molecule has 0 radical (unpaired) electrons. The maximum atomic E-state index is 13.6. The largest absolute Gasteiger partial charge is 0.327 e. The Balaban J connectivity index is 1.70. The van der Waals surface area contributed by atoms with Crippen molar-refractivity contribution < 1.29 is 17.2 Å². The molecule has 0 amide bonds. The summed E-state index contributed by atoms with van der Waals surface area (Å²) in [5, 5.41) is 0. The number of benzene rings is 1. The van der Waals surface area contributed by atoms with Crippen LogP contribution in [0.5, 0.6) is 0 Å². The van der Waals surface area contributed by atoms with Gasteiger partial charge in [0.1, 0.15) is 16.5 Å². The van der Waals surface area contributed by atoms with Crippen LogP contribution in [0.25, 0.3) is 11.6 Å². The molecule has 1 aromatic carbocycles. The van der Waals surface area contributed by atoms with Crippen molar-refractivity contribution in [1.82, 2.24) is 24.2 Å². The van der Waals surface area contributed by atoms with Crippen molar-refractivity contribution in [2.75, 3.05) is 6.54 Å². The minimum absolute atomic E-state index is 0.0185. The molecule has 0 aliphatic heterocycles. The van der Waals surface area contributed by atoms with Gasteiger partial charge in [0.25, 0.3) is 0 Å². The van der Waals surface area contributed by atoms with Crippen molar-refractivity contribution in [1.29, 1.82) is 0 Å². The molecule has 0 saturated carbocycles. The van der Waals surface area contributed by atoms with Crippen LogP contribution in [0, 0.1) is 11.6 Å². The molecule has 130 valence electrons. The van der Waals surface area contributed by atoms with Gasteiger partial charge in [0, 0.05) is 43.9 Å². The molecular weight excluding hydrogens is 352 g/mol. The Kier molecular flexibility index (Phi) is 4.81. The number of nitrogens with one attached hydrogen (secondary N) is 1. The highest BCUT2D eigenvalue weighted by molar-refractivity contribution is 7.89. The predicted octanol–water partition coefficient (Wildman–Crippen LogP) is 1.60. The number of halogens is 2. The second kappa shape index (κ2) is 7.03. The number of hydrogen-bond donors (Lipinski definition) is 1. The van der Waals surface area contributed by atoms with E-state index in [0.717, 1.165) is 12.1 Å². The van der Waals surface area contributed by atoms with E-state index in [1.54, 1.807) is 35.4 Å². The van der Waals surface area contributed by atoms with Crippen LogP contribution in [-0.4, -0.2) is 34.5 Å². The fourth-order valence-corrected chi connectivity index (χ4v) is 3.26. The first-order valence-corrected chi connectivity index (χ1v) is 8.69. The SMILES string of the molecule is O=S(=O)(NCCn1ccnc1-c1ncccn1)c1ccc(F)cc1F. The van der Waals surface area contributed by atoms with E-state index in [0.29, 0.717) is 17.7 Å². The number of rotatable bonds is 6. The fourth-order valence-electron chi connectivity index (χ4n) is 2.18. The van der Waals surface area contributed by atoms with E-state index in [9.17, 15) is 17.2 Å². The molecule has 2 heterocycles. The zero-order chi connectivity index (χ0) is 17.9. The number of aromatic nitrogens is 4. The maximum absolute atomic E-state index is 13.6. The van der Waals surface area contributed by atoms with Crippen molar-refractivity contribution in [2.24, 2.45) is 0 Å². The lowest BCUT2D eigenvalue weighted by atomic mass is 10.3. The summed E-state index contributed by atoms with van der Waals surface area (Å²) < 4.78 is 54.7. The van der Waals surface area contributed by atoms with Crippen LogP contribution >= 0.6 is 0 Å². The molecule has 0 bridgehead atoms. The van der Waals surface area contributed by atoms with E-state index >= 15 is 0 Å². The zero-order valence-electron chi connectivity index (χ0n) is 12.8. The van der Waals surface area contributed by atoms with Gasteiger partial charge in [-0.1, -0.05) is 0 Å². The van der Waals surface area contributed by atoms with Gasteiger partial charge < -0.3 is 4.57 Å². The average Bonchev–Trinajstić information content (AvgIpc) is 3.03. The molecule has 0 spiro atoms. The number of sulfonamides is 1. The third kappa shape index (κ3) is 3.86. The van der Waals surface area contributed by atoms with Crippen LogP contribution < -0.4 is 4.72 Å². The van der Waals surface area contributed by atoms with E-state index in [-0.39, 0.29) is 13.1 Å². The summed E-state index contributed by atoms with van der Waals surface area (Å²) in [6.45, 7) is 0.213. The molecule has 0 unspecified atom stereocenters. The summed E-state index contributed by atoms with van der Waals surface area (Å²) >= 11 is 0. The highest BCUT2D eigenvalue weighted by Gasteiger charge is 2.19. The monoisotopic (exact) mass is 365 g/mol. The fraction of sp³-hybridized carbons (Fsp3) is 0.133. The van der Waals surface area contributed by atoms with Crippen molar-refractivity contribution in [2.45, 2.75) is 11.4 Å². The van der Waals surface area contributed by atoms with Gasteiger partial charge in [-0.15, -0.1) is 0 Å². The van der Waals surface area contributed by atoms with E-state index in [1.165, 1.54) is 0 Å². The Hall–Kier alpha value is -2.72. The number of nitrogens with zero attached hydrogens (tertiary/aromatic N) is 4. The van der Waals surface area contributed by atoms with Gasteiger partial charge in [-0.25, -0.2) is 36.9 Å². The smallest absolute Gasteiger partial charge is 0.243 e. The Labute approximate surface area is 142 Å². The molecule has 3 rings (SSSR count). The first kappa shape index (κ1) is 17.1. The van der Waals surface area contributed by atoms with Crippen LogP contribution in [0.4, 0.5) is 8.78 Å².